The molecule has 0 bridgehead atoms. The Labute approximate surface area is 173 Å². The Morgan fingerprint density at radius 1 is 1.07 bits per heavy atom. The Kier molecular flexibility index (Phi) is 4.28. The smallest absolute Gasteiger partial charge is 0.181 e. The quantitative estimate of drug-likeness (QED) is 0.383. The highest BCUT2D eigenvalue weighted by molar-refractivity contribution is 5.95. The molecule has 5 rings (SSSR count). The van der Waals surface area contributed by atoms with Crippen LogP contribution in [-0.2, 0) is 0 Å². The zero-order valence-electron chi connectivity index (χ0n) is 16.8. The number of pyridine rings is 3. The van der Waals surface area contributed by atoms with Gasteiger partial charge in [0.25, 0.3) is 0 Å². The second-order valence-corrected chi connectivity index (χ2v) is 7.58. The highest BCUT2D eigenvalue weighted by Gasteiger charge is 2.13. The predicted molar refractivity (Wildman–Crippen MR) is 120 cm³/mol. The maximum Gasteiger partial charge on any atom is 0.181 e. The molecule has 0 saturated heterocycles. The number of allylic oxidation sites excluding steroid dienone is 1. The Bertz CT molecular complexity index is 1340. The van der Waals surface area contributed by atoms with Gasteiger partial charge >= 0.3 is 0 Å². The van der Waals surface area contributed by atoms with Crippen LogP contribution in [0.15, 0.2) is 67.4 Å². The van der Waals surface area contributed by atoms with Gasteiger partial charge in [-0.25, -0.2) is 4.98 Å². The average Bonchev–Trinajstić information content (AvgIpc) is 3.37. The Hall–Kier alpha value is -4.00. The van der Waals surface area contributed by atoms with Gasteiger partial charge in [-0.1, -0.05) is 20.4 Å². The first-order chi connectivity index (χ1) is 14.6. The summed E-state index contributed by atoms with van der Waals surface area (Å²) in [6, 6.07) is 10.1. The third-order valence-electron chi connectivity index (χ3n) is 5.14. The van der Waals surface area contributed by atoms with E-state index in [4.69, 9.17) is 0 Å². The number of nitrogens with one attached hydrogen (secondary N) is 3. The molecule has 0 aliphatic heterocycles. The summed E-state index contributed by atoms with van der Waals surface area (Å²) in [5.74, 6) is 0.339. The van der Waals surface area contributed by atoms with Gasteiger partial charge in [-0.05, 0) is 36.2 Å². The zero-order chi connectivity index (χ0) is 20.7. The van der Waals surface area contributed by atoms with Gasteiger partial charge in [0.1, 0.15) is 0 Å². The third-order valence-corrected chi connectivity index (χ3v) is 5.14. The number of hydrogen-bond acceptors (Lipinski definition) is 5. The van der Waals surface area contributed by atoms with E-state index in [9.17, 15) is 0 Å². The SMILES string of the molecule is C=C(Nc1cncc(-c2cnc3n[nH]c(-c4cc5ncccc5[nH]4)c3c2)c1)C(C)C. The van der Waals surface area contributed by atoms with E-state index in [1.807, 2.05) is 30.6 Å². The summed E-state index contributed by atoms with van der Waals surface area (Å²) < 4.78 is 0. The van der Waals surface area contributed by atoms with Gasteiger partial charge in [-0.3, -0.25) is 15.1 Å². The molecule has 30 heavy (non-hydrogen) atoms. The number of fused-ring (bicyclic) bond motifs is 2. The summed E-state index contributed by atoms with van der Waals surface area (Å²) in [4.78, 5) is 16.7. The lowest BCUT2D eigenvalue weighted by molar-refractivity contribution is 0.778. The van der Waals surface area contributed by atoms with Crippen molar-refractivity contribution in [1.82, 2.24) is 30.1 Å². The number of H-pyrrole nitrogens is 2. The minimum Gasteiger partial charge on any atom is -0.358 e. The Morgan fingerprint density at radius 2 is 1.93 bits per heavy atom. The molecule has 0 spiro atoms. The molecule has 7 heteroatoms. The van der Waals surface area contributed by atoms with Crippen LogP contribution in [0, 0.1) is 5.92 Å². The van der Waals surface area contributed by atoms with E-state index in [1.165, 1.54) is 0 Å². The molecule has 5 heterocycles. The van der Waals surface area contributed by atoms with Crippen molar-refractivity contribution in [3.05, 3.63) is 67.4 Å². The van der Waals surface area contributed by atoms with Crippen molar-refractivity contribution in [3.8, 4) is 22.5 Å². The van der Waals surface area contributed by atoms with E-state index in [0.717, 1.165) is 50.3 Å². The molecular formula is C23H21N7. The summed E-state index contributed by atoms with van der Waals surface area (Å²) >= 11 is 0. The molecule has 0 aliphatic carbocycles. The van der Waals surface area contributed by atoms with Gasteiger partial charge in [0.05, 0.1) is 34.3 Å². The molecule has 3 N–H and O–H groups in total. The van der Waals surface area contributed by atoms with E-state index in [1.54, 1.807) is 12.4 Å². The molecule has 0 radical (unpaired) electrons. The van der Waals surface area contributed by atoms with Crippen molar-refractivity contribution >= 4 is 27.8 Å². The van der Waals surface area contributed by atoms with Gasteiger partial charge in [0.2, 0.25) is 0 Å². The Balaban J connectivity index is 1.55. The second kappa shape index (κ2) is 7.11. The van der Waals surface area contributed by atoms with Gasteiger partial charge in [0.15, 0.2) is 5.65 Å². The number of anilines is 1. The van der Waals surface area contributed by atoms with Crippen molar-refractivity contribution in [2.24, 2.45) is 5.92 Å². The van der Waals surface area contributed by atoms with Gasteiger partial charge < -0.3 is 10.3 Å². The first-order valence-corrected chi connectivity index (χ1v) is 9.78. The number of rotatable bonds is 5. The van der Waals surface area contributed by atoms with E-state index in [-0.39, 0.29) is 0 Å². The van der Waals surface area contributed by atoms with E-state index >= 15 is 0 Å². The van der Waals surface area contributed by atoms with Crippen molar-refractivity contribution in [3.63, 3.8) is 0 Å². The monoisotopic (exact) mass is 395 g/mol. The highest BCUT2D eigenvalue weighted by Crippen LogP contribution is 2.31. The molecular weight excluding hydrogens is 374 g/mol. The highest BCUT2D eigenvalue weighted by atomic mass is 15.2. The fraction of sp³-hybridized carbons (Fsp3) is 0.130. The fourth-order valence-corrected chi connectivity index (χ4v) is 3.35. The van der Waals surface area contributed by atoms with Crippen molar-refractivity contribution in [2.45, 2.75) is 13.8 Å². The molecule has 0 aliphatic rings. The fourth-order valence-electron chi connectivity index (χ4n) is 3.35. The molecule has 5 aromatic heterocycles. The molecule has 0 fully saturated rings. The van der Waals surface area contributed by atoms with E-state index < -0.39 is 0 Å². The maximum absolute atomic E-state index is 4.54. The standard InChI is InChI=1S/C23H21N7/c1-13(2)14(3)27-17-7-15(10-24-12-17)16-8-18-22(29-30-23(18)26-11-16)21-9-20-19(28-21)5-4-6-25-20/h4-13,27-28H,3H2,1-2H3,(H,26,29,30). The number of nitrogens with zero attached hydrogens (tertiary/aromatic N) is 4. The summed E-state index contributed by atoms with van der Waals surface area (Å²) in [5, 5.41) is 11.7. The summed E-state index contributed by atoms with van der Waals surface area (Å²) in [7, 11) is 0. The molecule has 0 aromatic carbocycles. The average molecular weight is 395 g/mol. The molecule has 0 amide bonds. The predicted octanol–water partition coefficient (Wildman–Crippen LogP) is 5.14. The largest absolute Gasteiger partial charge is 0.358 e. The van der Waals surface area contributed by atoms with Crippen LogP contribution in [0.2, 0.25) is 0 Å². The van der Waals surface area contributed by atoms with Crippen LogP contribution in [0.1, 0.15) is 13.8 Å². The minimum absolute atomic E-state index is 0.339. The topological polar surface area (TPSA) is 95.2 Å². The lowest BCUT2D eigenvalue weighted by Gasteiger charge is -2.13. The molecule has 0 unspecified atom stereocenters. The van der Waals surface area contributed by atoms with Crippen LogP contribution in [0.25, 0.3) is 44.6 Å². The Morgan fingerprint density at radius 3 is 2.77 bits per heavy atom. The number of aromatic amines is 2. The van der Waals surface area contributed by atoms with E-state index in [0.29, 0.717) is 11.6 Å². The molecule has 7 nitrogen and oxygen atoms in total. The van der Waals surface area contributed by atoms with Crippen LogP contribution in [0.5, 0.6) is 0 Å². The summed E-state index contributed by atoms with van der Waals surface area (Å²) in [6.45, 7) is 8.28. The van der Waals surface area contributed by atoms with Crippen molar-refractivity contribution in [2.75, 3.05) is 5.32 Å². The van der Waals surface area contributed by atoms with Crippen molar-refractivity contribution in [1.29, 1.82) is 0 Å². The molecule has 0 saturated carbocycles. The first-order valence-electron chi connectivity index (χ1n) is 9.78. The van der Waals surface area contributed by atoms with Crippen LogP contribution < -0.4 is 5.32 Å². The maximum atomic E-state index is 4.54. The van der Waals surface area contributed by atoms with Crippen LogP contribution in [-0.4, -0.2) is 30.1 Å². The zero-order valence-corrected chi connectivity index (χ0v) is 16.8. The minimum atomic E-state index is 0.339. The number of hydrogen-bond donors (Lipinski definition) is 3. The molecule has 0 atom stereocenters. The van der Waals surface area contributed by atoms with Crippen LogP contribution in [0.3, 0.4) is 0 Å². The summed E-state index contributed by atoms with van der Waals surface area (Å²) in [5.41, 5.74) is 8.14. The lowest BCUT2D eigenvalue weighted by Crippen LogP contribution is -2.04. The second-order valence-electron chi connectivity index (χ2n) is 7.58. The third kappa shape index (κ3) is 3.20. The van der Waals surface area contributed by atoms with Crippen LogP contribution in [0.4, 0.5) is 5.69 Å². The van der Waals surface area contributed by atoms with E-state index in [2.05, 4.69) is 68.0 Å². The normalized spacial score (nSPS) is 11.4. The van der Waals surface area contributed by atoms with Crippen LogP contribution >= 0.6 is 0 Å². The molecule has 5 aromatic rings. The van der Waals surface area contributed by atoms with Gasteiger partial charge in [-0.2, -0.15) is 5.10 Å². The molecule has 148 valence electrons. The summed E-state index contributed by atoms with van der Waals surface area (Å²) in [6.07, 6.45) is 7.23. The first kappa shape index (κ1) is 18.1. The van der Waals surface area contributed by atoms with Gasteiger partial charge in [-0.15, -0.1) is 0 Å². The van der Waals surface area contributed by atoms with Crippen molar-refractivity contribution < 1.29 is 0 Å². The number of aromatic nitrogens is 6. The lowest BCUT2D eigenvalue weighted by atomic mass is 10.1. The van der Waals surface area contributed by atoms with Gasteiger partial charge in [0, 0.05) is 40.8 Å².